The van der Waals surface area contributed by atoms with E-state index in [1.165, 1.54) is 22.7 Å². The van der Waals surface area contributed by atoms with Crippen molar-refractivity contribution in [2.24, 2.45) is 0 Å². The zero-order valence-corrected chi connectivity index (χ0v) is 8.92. The summed E-state index contributed by atoms with van der Waals surface area (Å²) in [5.41, 5.74) is 3.69. The number of benzene rings is 1. The van der Waals surface area contributed by atoms with Crippen LogP contribution in [0.4, 0.5) is 0 Å². The Labute approximate surface area is 89.4 Å². The number of aryl methyl sites for hydroxylation is 2. The highest BCUT2D eigenvalue weighted by Crippen LogP contribution is 2.06. The van der Waals surface area contributed by atoms with Crippen molar-refractivity contribution in [1.29, 1.82) is 0 Å². The van der Waals surface area contributed by atoms with Gasteiger partial charge in [0.25, 0.3) is 0 Å². The molecule has 0 N–H and O–H groups in total. The Morgan fingerprint density at radius 2 is 2.00 bits per heavy atom. The highest BCUT2D eigenvalue weighted by atomic mass is 35.5. The largest absolute Gasteiger partial charge is 0.295 e. The van der Waals surface area contributed by atoms with Crippen molar-refractivity contribution in [1.82, 2.24) is 0 Å². The Morgan fingerprint density at radius 1 is 1.36 bits per heavy atom. The molecule has 0 saturated carbocycles. The van der Waals surface area contributed by atoms with E-state index < -0.39 is 0 Å². The van der Waals surface area contributed by atoms with Crippen LogP contribution < -0.4 is 0 Å². The van der Waals surface area contributed by atoms with E-state index in [-0.39, 0.29) is 5.78 Å². The van der Waals surface area contributed by atoms with Crippen LogP contribution in [-0.4, -0.2) is 5.78 Å². The lowest BCUT2D eigenvalue weighted by molar-refractivity contribution is -0.114. The molecule has 0 aliphatic rings. The summed E-state index contributed by atoms with van der Waals surface area (Å²) < 4.78 is 0. The average Bonchev–Trinajstić information content (AvgIpc) is 2.17. The van der Waals surface area contributed by atoms with Gasteiger partial charge < -0.3 is 0 Å². The topological polar surface area (TPSA) is 17.1 Å². The van der Waals surface area contributed by atoms with Crippen molar-refractivity contribution in [2.75, 3.05) is 0 Å². The zero-order valence-electron chi connectivity index (χ0n) is 8.16. The smallest absolute Gasteiger partial charge is 0.156 e. The summed E-state index contributed by atoms with van der Waals surface area (Å²) in [6, 6.07) is 8.20. The first-order chi connectivity index (χ1) is 6.72. The monoisotopic (exact) mass is 208 g/mol. The summed E-state index contributed by atoms with van der Waals surface area (Å²) in [6.07, 6.45) is 2.70. The number of halogens is 1. The summed E-state index contributed by atoms with van der Waals surface area (Å²) >= 11 is 5.30. The molecule has 0 aromatic heterocycles. The number of carbonyl (C=O) groups is 1. The first-order valence-electron chi connectivity index (χ1n) is 4.57. The van der Waals surface area contributed by atoms with E-state index in [4.69, 9.17) is 11.6 Å². The number of hydrogen-bond donors (Lipinski definition) is 0. The van der Waals surface area contributed by atoms with Gasteiger partial charge in [0.15, 0.2) is 5.78 Å². The Kier molecular flexibility index (Phi) is 4.41. The van der Waals surface area contributed by atoms with Crippen LogP contribution in [0.2, 0.25) is 0 Å². The fraction of sp³-hybridized carbons (Fsp3) is 0.250. The van der Waals surface area contributed by atoms with E-state index in [1.807, 2.05) is 19.1 Å². The minimum atomic E-state index is 0.0700. The van der Waals surface area contributed by atoms with Crippen LogP contribution in [0.1, 0.15) is 17.5 Å². The minimum absolute atomic E-state index is 0.0700. The highest BCUT2D eigenvalue weighted by molar-refractivity contribution is 6.26. The lowest BCUT2D eigenvalue weighted by atomic mass is 10.1. The van der Waals surface area contributed by atoms with E-state index >= 15 is 0 Å². The van der Waals surface area contributed by atoms with E-state index in [0.717, 1.165) is 6.42 Å². The fourth-order valence-electron chi connectivity index (χ4n) is 1.18. The maximum atomic E-state index is 11.1. The Hall–Kier alpha value is -1.08. The fourth-order valence-corrected chi connectivity index (χ4v) is 1.32. The van der Waals surface area contributed by atoms with E-state index in [1.54, 1.807) is 0 Å². The molecule has 0 spiro atoms. The molecule has 14 heavy (non-hydrogen) atoms. The van der Waals surface area contributed by atoms with Crippen LogP contribution in [0.15, 0.2) is 35.9 Å². The third-order valence-corrected chi connectivity index (χ3v) is 2.16. The average molecular weight is 209 g/mol. The summed E-state index contributed by atoms with van der Waals surface area (Å²) in [6.45, 7) is 2.05. The molecule has 0 heterocycles. The van der Waals surface area contributed by atoms with Crippen molar-refractivity contribution >= 4 is 17.4 Å². The molecule has 0 bridgehead atoms. The van der Waals surface area contributed by atoms with Crippen molar-refractivity contribution < 1.29 is 4.79 Å². The molecule has 0 aliphatic heterocycles. The molecule has 0 aliphatic carbocycles. The van der Waals surface area contributed by atoms with Gasteiger partial charge in [0.05, 0.1) is 0 Å². The molecule has 0 saturated heterocycles. The van der Waals surface area contributed by atoms with Crippen LogP contribution in [0.5, 0.6) is 0 Å². The molecule has 0 amide bonds. The highest BCUT2D eigenvalue weighted by Gasteiger charge is 1.98. The predicted octanol–water partition coefficient (Wildman–Crippen LogP) is 3.25. The second-order valence-electron chi connectivity index (χ2n) is 3.24. The Morgan fingerprint density at radius 3 is 2.57 bits per heavy atom. The van der Waals surface area contributed by atoms with Crippen LogP contribution in [0, 0.1) is 6.92 Å². The maximum Gasteiger partial charge on any atom is 0.156 e. The molecule has 74 valence electrons. The lowest BCUT2D eigenvalue weighted by Crippen LogP contribution is -1.95. The van der Waals surface area contributed by atoms with Crippen LogP contribution in [-0.2, 0) is 11.2 Å². The third-order valence-electron chi connectivity index (χ3n) is 2.03. The van der Waals surface area contributed by atoms with Crippen molar-refractivity contribution in [3.63, 3.8) is 0 Å². The van der Waals surface area contributed by atoms with Gasteiger partial charge in [-0.25, -0.2) is 0 Å². The zero-order chi connectivity index (χ0) is 10.4. The second kappa shape index (κ2) is 5.61. The van der Waals surface area contributed by atoms with Gasteiger partial charge >= 0.3 is 0 Å². The lowest BCUT2D eigenvalue weighted by Gasteiger charge is -1.99. The van der Waals surface area contributed by atoms with E-state index in [0.29, 0.717) is 6.42 Å². The molecule has 0 fully saturated rings. The minimum Gasteiger partial charge on any atom is -0.295 e. The maximum absolute atomic E-state index is 11.1. The molecule has 1 rings (SSSR count). The predicted molar refractivity (Wildman–Crippen MR) is 59.5 cm³/mol. The van der Waals surface area contributed by atoms with Gasteiger partial charge in [-0.2, -0.15) is 0 Å². The van der Waals surface area contributed by atoms with Gasteiger partial charge in [-0.15, -0.1) is 0 Å². The quantitative estimate of drug-likeness (QED) is 0.695. The molecule has 0 radical (unpaired) electrons. The summed E-state index contributed by atoms with van der Waals surface area (Å²) in [7, 11) is 0. The molecular formula is C12H13ClO. The van der Waals surface area contributed by atoms with Gasteiger partial charge in [-0.05, 0) is 25.0 Å². The Bertz CT molecular complexity index is 325. The Balaban J connectivity index is 2.46. The van der Waals surface area contributed by atoms with Gasteiger partial charge in [0, 0.05) is 12.0 Å². The SMILES string of the molecule is Cc1ccc(CCC(=O)/C=C/Cl)cc1. The first kappa shape index (κ1) is 11.0. The molecule has 1 nitrogen and oxygen atoms in total. The number of ketones is 1. The summed E-state index contributed by atoms with van der Waals surface area (Å²) in [5.74, 6) is 0.0700. The number of hydrogen-bond acceptors (Lipinski definition) is 1. The normalized spacial score (nSPS) is 10.7. The van der Waals surface area contributed by atoms with Gasteiger partial charge in [0.2, 0.25) is 0 Å². The number of carbonyl (C=O) groups excluding carboxylic acids is 1. The van der Waals surface area contributed by atoms with E-state index in [9.17, 15) is 4.79 Å². The number of rotatable bonds is 4. The molecule has 2 heteroatoms. The molecule has 1 aromatic rings. The van der Waals surface area contributed by atoms with Gasteiger partial charge in [-0.3, -0.25) is 4.79 Å². The standard InChI is InChI=1S/C12H13ClO/c1-10-2-4-11(5-3-10)6-7-12(14)8-9-13/h2-5,8-9H,6-7H2,1H3/b9-8+. The number of allylic oxidation sites excluding steroid dienone is 1. The van der Waals surface area contributed by atoms with Crippen molar-refractivity contribution in [3.8, 4) is 0 Å². The van der Waals surface area contributed by atoms with Crippen molar-refractivity contribution in [3.05, 3.63) is 47.0 Å². The van der Waals surface area contributed by atoms with Crippen LogP contribution in [0.25, 0.3) is 0 Å². The first-order valence-corrected chi connectivity index (χ1v) is 5.01. The van der Waals surface area contributed by atoms with Crippen molar-refractivity contribution in [2.45, 2.75) is 19.8 Å². The molecule has 0 unspecified atom stereocenters. The second-order valence-corrected chi connectivity index (χ2v) is 3.50. The third kappa shape index (κ3) is 3.75. The molecule has 0 atom stereocenters. The summed E-state index contributed by atoms with van der Waals surface area (Å²) in [4.78, 5) is 11.1. The van der Waals surface area contributed by atoms with Crippen LogP contribution in [0.3, 0.4) is 0 Å². The molecule has 1 aromatic carbocycles. The van der Waals surface area contributed by atoms with E-state index in [2.05, 4.69) is 12.1 Å². The van der Waals surface area contributed by atoms with Gasteiger partial charge in [-0.1, -0.05) is 41.4 Å². The summed E-state index contributed by atoms with van der Waals surface area (Å²) in [5, 5.41) is 0. The van der Waals surface area contributed by atoms with Gasteiger partial charge in [0.1, 0.15) is 0 Å². The van der Waals surface area contributed by atoms with Crippen LogP contribution >= 0.6 is 11.6 Å². The molecular weight excluding hydrogens is 196 g/mol.